The summed E-state index contributed by atoms with van der Waals surface area (Å²) in [6.07, 6.45) is 4.18. The molecule has 15 heavy (non-hydrogen) atoms. The van der Waals surface area contributed by atoms with Crippen molar-refractivity contribution in [2.75, 3.05) is 32.8 Å². The lowest BCUT2D eigenvalue weighted by Crippen LogP contribution is -2.44. The van der Waals surface area contributed by atoms with Gasteiger partial charge in [-0.3, -0.25) is 4.90 Å². The molecule has 2 saturated heterocycles. The van der Waals surface area contributed by atoms with Gasteiger partial charge in [-0.05, 0) is 24.7 Å². The van der Waals surface area contributed by atoms with Gasteiger partial charge in [-0.2, -0.15) is 0 Å². The summed E-state index contributed by atoms with van der Waals surface area (Å²) >= 11 is 0. The molecule has 2 aliphatic heterocycles. The standard InChI is InChI=1S/C12H24N2O/c1-12(2)9-13-6-7-14(10-12)11-5-3-4-8-15-11/h11,13H,3-10H2,1-2H3. The molecule has 2 fully saturated rings. The Bertz CT molecular complexity index is 200. The van der Waals surface area contributed by atoms with Crippen LogP contribution in [0.5, 0.6) is 0 Å². The summed E-state index contributed by atoms with van der Waals surface area (Å²) in [6.45, 7) is 10.1. The molecule has 1 N–H and O–H groups in total. The van der Waals surface area contributed by atoms with Gasteiger partial charge < -0.3 is 10.1 Å². The molecule has 0 aromatic carbocycles. The molecule has 0 saturated carbocycles. The maximum atomic E-state index is 5.86. The smallest absolute Gasteiger partial charge is 0.110 e. The molecular formula is C12H24N2O. The van der Waals surface area contributed by atoms with Crippen LogP contribution < -0.4 is 5.32 Å². The van der Waals surface area contributed by atoms with E-state index in [-0.39, 0.29) is 0 Å². The summed E-state index contributed by atoms with van der Waals surface area (Å²) < 4.78 is 5.86. The van der Waals surface area contributed by atoms with E-state index in [4.69, 9.17) is 4.74 Å². The summed E-state index contributed by atoms with van der Waals surface area (Å²) in [6, 6.07) is 0. The molecule has 2 rings (SSSR count). The van der Waals surface area contributed by atoms with E-state index in [1.807, 2.05) is 0 Å². The van der Waals surface area contributed by atoms with Crippen LogP contribution in [0, 0.1) is 5.41 Å². The zero-order chi connectivity index (χ0) is 10.7. The summed E-state index contributed by atoms with van der Waals surface area (Å²) in [5, 5.41) is 3.51. The van der Waals surface area contributed by atoms with E-state index in [9.17, 15) is 0 Å². The van der Waals surface area contributed by atoms with Crippen LogP contribution in [0.4, 0.5) is 0 Å². The van der Waals surface area contributed by atoms with Crippen molar-refractivity contribution in [3.05, 3.63) is 0 Å². The van der Waals surface area contributed by atoms with Crippen LogP contribution in [-0.2, 0) is 4.74 Å². The van der Waals surface area contributed by atoms with Gasteiger partial charge in [0, 0.05) is 32.8 Å². The molecule has 2 aliphatic rings. The Morgan fingerprint density at radius 2 is 2.20 bits per heavy atom. The Morgan fingerprint density at radius 1 is 1.33 bits per heavy atom. The van der Waals surface area contributed by atoms with Crippen molar-refractivity contribution in [2.24, 2.45) is 5.41 Å². The molecular weight excluding hydrogens is 188 g/mol. The minimum absolute atomic E-state index is 0.372. The highest BCUT2D eigenvalue weighted by atomic mass is 16.5. The van der Waals surface area contributed by atoms with Crippen molar-refractivity contribution in [2.45, 2.75) is 39.3 Å². The highest BCUT2D eigenvalue weighted by Crippen LogP contribution is 2.23. The van der Waals surface area contributed by atoms with Gasteiger partial charge in [0.25, 0.3) is 0 Å². The van der Waals surface area contributed by atoms with Crippen molar-refractivity contribution in [3.63, 3.8) is 0 Å². The highest BCUT2D eigenvalue weighted by molar-refractivity contribution is 4.82. The molecule has 0 aromatic heterocycles. The topological polar surface area (TPSA) is 24.5 Å². The molecule has 3 nitrogen and oxygen atoms in total. The fraction of sp³-hybridized carbons (Fsp3) is 1.00. The Labute approximate surface area is 93.2 Å². The summed E-state index contributed by atoms with van der Waals surface area (Å²) in [5.74, 6) is 0. The highest BCUT2D eigenvalue weighted by Gasteiger charge is 2.29. The first-order valence-corrected chi connectivity index (χ1v) is 6.24. The lowest BCUT2D eigenvalue weighted by molar-refractivity contribution is -0.0916. The van der Waals surface area contributed by atoms with E-state index in [1.54, 1.807) is 0 Å². The first kappa shape index (κ1) is 11.4. The summed E-state index contributed by atoms with van der Waals surface area (Å²) in [5.41, 5.74) is 0.372. The van der Waals surface area contributed by atoms with Crippen LogP contribution in [-0.4, -0.2) is 43.9 Å². The third-order valence-electron chi connectivity index (χ3n) is 3.37. The van der Waals surface area contributed by atoms with E-state index in [2.05, 4.69) is 24.1 Å². The first-order chi connectivity index (χ1) is 7.17. The SMILES string of the molecule is CC1(C)CNCCN(C2CCCCO2)C1. The second-order valence-corrected chi connectivity index (χ2v) is 5.63. The number of nitrogens with zero attached hydrogens (tertiary/aromatic N) is 1. The molecule has 3 heteroatoms. The van der Waals surface area contributed by atoms with Crippen molar-refractivity contribution in [1.82, 2.24) is 10.2 Å². The van der Waals surface area contributed by atoms with Crippen LogP contribution >= 0.6 is 0 Å². The molecule has 1 unspecified atom stereocenters. The average molecular weight is 212 g/mol. The Morgan fingerprint density at radius 3 is 2.93 bits per heavy atom. The van der Waals surface area contributed by atoms with Crippen LogP contribution in [0.1, 0.15) is 33.1 Å². The summed E-state index contributed by atoms with van der Waals surface area (Å²) in [4.78, 5) is 2.53. The van der Waals surface area contributed by atoms with Gasteiger partial charge >= 0.3 is 0 Å². The predicted molar refractivity (Wildman–Crippen MR) is 61.8 cm³/mol. The molecule has 0 amide bonds. The third kappa shape index (κ3) is 3.16. The third-order valence-corrected chi connectivity index (χ3v) is 3.37. The van der Waals surface area contributed by atoms with Crippen LogP contribution in [0.25, 0.3) is 0 Å². The first-order valence-electron chi connectivity index (χ1n) is 6.24. The fourth-order valence-corrected chi connectivity index (χ4v) is 2.59. The monoisotopic (exact) mass is 212 g/mol. The molecule has 2 heterocycles. The molecule has 88 valence electrons. The van der Waals surface area contributed by atoms with Gasteiger partial charge in [0.2, 0.25) is 0 Å². The van der Waals surface area contributed by atoms with Crippen LogP contribution in [0.3, 0.4) is 0 Å². The van der Waals surface area contributed by atoms with Crippen LogP contribution in [0.2, 0.25) is 0 Å². The fourth-order valence-electron chi connectivity index (χ4n) is 2.59. The number of hydrogen-bond donors (Lipinski definition) is 1. The lowest BCUT2D eigenvalue weighted by Gasteiger charge is -2.36. The van der Waals surface area contributed by atoms with Crippen molar-refractivity contribution < 1.29 is 4.74 Å². The zero-order valence-corrected chi connectivity index (χ0v) is 10.1. The van der Waals surface area contributed by atoms with Gasteiger partial charge in [-0.15, -0.1) is 0 Å². The van der Waals surface area contributed by atoms with E-state index >= 15 is 0 Å². The Kier molecular flexibility index (Phi) is 3.65. The zero-order valence-electron chi connectivity index (χ0n) is 10.1. The van der Waals surface area contributed by atoms with Crippen LogP contribution in [0.15, 0.2) is 0 Å². The normalized spacial score (nSPS) is 33.6. The molecule has 1 atom stereocenters. The van der Waals surface area contributed by atoms with Gasteiger partial charge in [0.05, 0.1) is 0 Å². The maximum absolute atomic E-state index is 5.86. The van der Waals surface area contributed by atoms with E-state index in [0.717, 1.165) is 32.8 Å². The number of nitrogens with one attached hydrogen (secondary N) is 1. The Balaban J connectivity index is 1.94. The second kappa shape index (κ2) is 4.81. The predicted octanol–water partition coefficient (Wildman–Crippen LogP) is 1.44. The minimum atomic E-state index is 0.372. The van der Waals surface area contributed by atoms with E-state index in [1.165, 1.54) is 19.3 Å². The molecule has 0 radical (unpaired) electrons. The quantitative estimate of drug-likeness (QED) is 0.712. The van der Waals surface area contributed by atoms with Gasteiger partial charge in [0.1, 0.15) is 6.23 Å². The van der Waals surface area contributed by atoms with Gasteiger partial charge in [0.15, 0.2) is 0 Å². The van der Waals surface area contributed by atoms with E-state index in [0.29, 0.717) is 11.6 Å². The summed E-state index contributed by atoms with van der Waals surface area (Å²) in [7, 11) is 0. The Hall–Kier alpha value is -0.120. The average Bonchev–Trinajstić information content (AvgIpc) is 2.41. The molecule has 0 aromatic rings. The van der Waals surface area contributed by atoms with Gasteiger partial charge in [-0.25, -0.2) is 0 Å². The number of ether oxygens (including phenoxy) is 1. The second-order valence-electron chi connectivity index (χ2n) is 5.63. The number of hydrogen-bond acceptors (Lipinski definition) is 3. The maximum Gasteiger partial charge on any atom is 0.110 e. The molecule has 0 aliphatic carbocycles. The lowest BCUT2D eigenvalue weighted by atomic mass is 9.93. The largest absolute Gasteiger partial charge is 0.363 e. The molecule has 0 bridgehead atoms. The van der Waals surface area contributed by atoms with Gasteiger partial charge in [-0.1, -0.05) is 13.8 Å². The molecule has 0 spiro atoms. The van der Waals surface area contributed by atoms with E-state index < -0.39 is 0 Å². The van der Waals surface area contributed by atoms with Crippen molar-refractivity contribution >= 4 is 0 Å². The number of rotatable bonds is 1. The van der Waals surface area contributed by atoms with Crippen molar-refractivity contribution in [1.29, 1.82) is 0 Å². The minimum Gasteiger partial charge on any atom is -0.363 e. The van der Waals surface area contributed by atoms with Crippen molar-refractivity contribution in [3.8, 4) is 0 Å².